The second-order valence-electron chi connectivity index (χ2n) is 6.28. The standard InChI is InChI=1S/C19H30N2O4/c1-4-25-18-16(8-5-9-17(18)24-3)13-20-19(22)21-11-6-7-15(14-21)10-12-23-2/h5,8-9,15H,4,6-7,10-14H2,1-3H3,(H,20,22)/t15-/m0/s1. The Hall–Kier alpha value is -1.95. The van der Waals surface area contributed by atoms with Crippen molar-refractivity contribution in [3.63, 3.8) is 0 Å². The number of rotatable bonds is 8. The number of hydrogen-bond acceptors (Lipinski definition) is 4. The summed E-state index contributed by atoms with van der Waals surface area (Å²) in [4.78, 5) is 14.4. The van der Waals surface area contributed by atoms with Gasteiger partial charge in [0.25, 0.3) is 0 Å². The van der Waals surface area contributed by atoms with Crippen molar-refractivity contribution in [1.29, 1.82) is 0 Å². The molecule has 0 unspecified atom stereocenters. The van der Waals surface area contributed by atoms with Crippen LogP contribution in [0.1, 0.15) is 31.7 Å². The number of methoxy groups -OCH3 is 2. The topological polar surface area (TPSA) is 60.0 Å². The first-order chi connectivity index (χ1) is 12.2. The molecule has 1 aromatic rings. The van der Waals surface area contributed by atoms with E-state index in [0.717, 1.165) is 44.5 Å². The van der Waals surface area contributed by atoms with Gasteiger partial charge in [-0.1, -0.05) is 12.1 Å². The molecule has 1 aromatic carbocycles. The van der Waals surface area contributed by atoms with Crippen molar-refractivity contribution in [1.82, 2.24) is 10.2 Å². The van der Waals surface area contributed by atoms with Crippen molar-refractivity contribution in [3.05, 3.63) is 23.8 Å². The molecule has 1 fully saturated rings. The van der Waals surface area contributed by atoms with Gasteiger partial charge >= 0.3 is 6.03 Å². The normalized spacial score (nSPS) is 17.2. The van der Waals surface area contributed by atoms with Crippen LogP contribution < -0.4 is 14.8 Å². The van der Waals surface area contributed by atoms with Crippen LogP contribution in [0.2, 0.25) is 0 Å². The number of likely N-dealkylation sites (tertiary alicyclic amines) is 1. The van der Waals surface area contributed by atoms with Crippen LogP contribution in [0.15, 0.2) is 18.2 Å². The molecule has 1 heterocycles. The third kappa shape index (κ3) is 5.53. The highest BCUT2D eigenvalue weighted by Crippen LogP contribution is 2.31. The van der Waals surface area contributed by atoms with Crippen LogP contribution >= 0.6 is 0 Å². The lowest BCUT2D eigenvalue weighted by atomic mass is 9.95. The number of nitrogens with one attached hydrogen (secondary N) is 1. The summed E-state index contributed by atoms with van der Waals surface area (Å²) >= 11 is 0. The molecular weight excluding hydrogens is 320 g/mol. The molecule has 0 bridgehead atoms. The molecule has 1 aliphatic heterocycles. The van der Waals surface area contributed by atoms with Crippen molar-refractivity contribution in [2.45, 2.75) is 32.7 Å². The molecule has 140 valence electrons. The Labute approximate surface area is 150 Å². The molecular formula is C19H30N2O4. The van der Waals surface area contributed by atoms with Gasteiger partial charge in [0.15, 0.2) is 11.5 Å². The summed E-state index contributed by atoms with van der Waals surface area (Å²) in [7, 11) is 3.34. The third-order valence-corrected chi connectivity index (χ3v) is 4.54. The number of piperidine rings is 1. The zero-order valence-corrected chi connectivity index (χ0v) is 15.5. The zero-order chi connectivity index (χ0) is 18.1. The predicted molar refractivity (Wildman–Crippen MR) is 97.2 cm³/mol. The lowest BCUT2D eigenvalue weighted by molar-refractivity contribution is 0.133. The number of hydrogen-bond donors (Lipinski definition) is 1. The quantitative estimate of drug-likeness (QED) is 0.783. The molecule has 1 saturated heterocycles. The van der Waals surface area contributed by atoms with Gasteiger partial charge < -0.3 is 24.4 Å². The van der Waals surface area contributed by atoms with Crippen LogP contribution in [0.5, 0.6) is 11.5 Å². The van der Waals surface area contributed by atoms with Gasteiger partial charge in [-0.2, -0.15) is 0 Å². The number of nitrogens with zero attached hydrogens (tertiary/aromatic N) is 1. The molecule has 6 heteroatoms. The van der Waals surface area contributed by atoms with Crippen molar-refractivity contribution in [2.24, 2.45) is 5.92 Å². The molecule has 2 rings (SSSR count). The lowest BCUT2D eigenvalue weighted by Crippen LogP contribution is -2.45. The van der Waals surface area contributed by atoms with Crippen LogP contribution in [-0.2, 0) is 11.3 Å². The average molecular weight is 350 g/mol. The van der Waals surface area contributed by atoms with E-state index in [0.29, 0.717) is 30.6 Å². The first kappa shape index (κ1) is 19.4. The summed E-state index contributed by atoms with van der Waals surface area (Å²) in [6.45, 7) is 5.26. The maximum atomic E-state index is 12.5. The minimum absolute atomic E-state index is 0.0209. The highest BCUT2D eigenvalue weighted by molar-refractivity contribution is 5.74. The minimum Gasteiger partial charge on any atom is -0.493 e. The minimum atomic E-state index is -0.0209. The fraction of sp³-hybridized carbons (Fsp3) is 0.632. The van der Waals surface area contributed by atoms with Crippen LogP contribution in [0.25, 0.3) is 0 Å². The monoisotopic (exact) mass is 350 g/mol. The van der Waals surface area contributed by atoms with Gasteiger partial charge in [-0.15, -0.1) is 0 Å². The predicted octanol–water partition coefficient (Wildman–Crippen LogP) is 3.05. The van der Waals surface area contributed by atoms with E-state index in [-0.39, 0.29) is 6.03 Å². The Morgan fingerprint density at radius 3 is 2.92 bits per heavy atom. The number of benzene rings is 1. The third-order valence-electron chi connectivity index (χ3n) is 4.54. The van der Waals surface area contributed by atoms with E-state index in [1.165, 1.54) is 0 Å². The van der Waals surface area contributed by atoms with Crippen molar-refractivity contribution in [2.75, 3.05) is 40.5 Å². The lowest BCUT2D eigenvalue weighted by Gasteiger charge is -2.32. The molecule has 0 aliphatic carbocycles. The maximum Gasteiger partial charge on any atom is 0.317 e. The Morgan fingerprint density at radius 1 is 1.36 bits per heavy atom. The highest BCUT2D eigenvalue weighted by Gasteiger charge is 2.23. The Balaban J connectivity index is 1.93. The van der Waals surface area contributed by atoms with Gasteiger partial charge in [-0.05, 0) is 38.2 Å². The van der Waals surface area contributed by atoms with E-state index < -0.39 is 0 Å². The summed E-state index contributed by atoms with van der Waals surface area (Å²) in [5, 5.41) is 3.02. The van der Waals surface area contributed by atoms with Crippen LogP contribution in [0, 0.1) is 5.92 Å². The van der Waals surface area contributed by atoms with E-state index in [2.05, 4.69) is 5.32 Å². The van der Waals surface area contributed by atoms with Gasteiger partial charge in [0.2, 0.25) is 0 Å². The molecule has 1 N–H and O–H groups in total. The average Bonchev–Trinajstić information content (AvgIpc) is 2.65. The molecule has 0 saturated carbocycles. The highest BCUT2D eigenvalue weighted by atomic mass is 16.5. The number of para-hydroxylation sites is 1. The zero-order valence-electron chi connectivity index (χ0n) is 15.5. The smallest absolute Gasteiger partial charge is 0.317 e. The van der Waals surface area contributed by atoms with Crippen molar-refractivity contribution < 1.29 is 19.0 Å². The molecule has 1 aliphatic rings. The second kappa shape index (κ2) is 10.1. The summed E-state index contributed by atoms with van der Waals surface area (Å²) in [5.74, 6) is 1.91. The summed E-state index contributed by atoms with van der Waals surface area (Å²) in [5.41, 5.74) is 0.919. The number of amides is 2. The van der Waals surface area contributed by atoms with Gasteiger partial charge in [0.1, 0.15) is 0 Å². The molecule has 0 aromatic heterocycles. The van der Waals surface area contributed by atoms with Crippen LogP contribution in [-0.4, -0.2) is 51.5 Å². The molecule has 1 atom stereocenters. The van der Waals surface area contributed by atoms with E-state index in [1.807, 2.05) is 30.0 Å². The van der Waals surface area contributed by atoms with Gasteiger partial charge in [0.05, 0.1) is 13.7 Å². The fourth-order valence-corrected chi connectivity index (χ4v) is 3.22. The number of carbonyl (C=O) groups excluding carboxylic acids is 1. The SMILES string of the molecule is CCOc1c(CNC(=O)N2CCC[C@@H](CCOC)C2)cccc1OC. The number of urea groups is 1. The number of ether oxygens (including phenoxy) is 3. The van der Waals surface area contributed by atoms with E-state index in [1.54, 1.807) is 14.2 Å². The molecule has 25 heavy (non-hydrogen) atoms. The second-order valence-corrected chi connectivity index (χ2v) is 6.28. The van der Waals surface area contributed by atoms with Crippen molar-refractivity contribution >= 4 is 6.03 Å². The first-order valence-corrected chi connectivity index (χ1v) is 9.00. The summed E-state index contributed by atoms with van der Waals surface area (Å²) < 4.78 is 16.2. The summed E-state index contributed by atoms with van der Waals surface area (Å²) in [6, 6.07) is 5.70. The van der Waals surface area contributed by atoms with E-state index in [9.17, 15) is 4.79 Å². The first-order valence-electron chi connectivity index (χ1n) is 9.00. The maximum absolute atomic E-state index is 12.5. The molecule has 0 radical (unpaired) electrons. The fourth-order valence-electron chi connectivity index (χ4n) is 3.22. The van der Waals surface area contributed by atoms with Crippen LogP contribution in [0.3, 0.4) is 0 Å². The van der Waals surface area contributed by atoms with E-state index >= 15 is 0 Å². The Morgan fingerprint density at radius 2 is 2.20 bits per heavy atom. The molecule has 0 spiro atoms. The van der Waals surface area contributed by atoms with Crippen molar-refractivity contribution in [3.8, 4) is 11.5 Å². The largest absolute Gasteiger partial charge is 0.493 e. The van der Waals surface area contributed by atoms with E-state index in [4.69, 9.17) is 14.2 Å². The van der Waals surface area contributed by atoms with Gasteiger partial charge in [0, 0.05) is 38.9 Å². The van der Waals surface area contributed by atoms with Gasteiger partial charge in [-0.3, -0.25) is 0 Å². The van der Waals surface area contributed by atoms with Crippen LogP contribution in [0.4, 0.5) is 4.79 Å². The summed E-state index contributed by atoms with van der Waals surface area (Å²) in [6.07, 6.45) is 3.22. The molecule has 6 nitrogen and oxygen atoms in total. The Bertz CT molecular complexity index is 550. The Kier molecular flexibility index (Phi) is 7.85. The molecule has 2 amide bonds. The number of carbonyl (C=O) groups is 1. The van der Waals surface area contributed by atoms with Gasteiger partial charge in [-0.25, -0.2) is 4.79 Å².